The summed E-state index contributed by atoms with van der Waals surface area (Å²) in [6.45, 7) is 0.718. The lowest BCUT2D eigenvalue weighted by Gasteiger charge is -2.22. The highest BCUT2D eigenvalue weighted by Gasteiger charge is 2.26. The smallest absolute Gasteiger partial charge is 0.407 e. The Balaban J connectivity index is 1.57. The van der Waals surface area contributed by atoms with E-state index in [9.17, 15) is 27.9 Å². The number of pyridine rings is 1. The van der Waals surface area contributed by atoms with Crippen LogP contribution in [-0.2, 0) is 16.1 Å². The summed E-state index contributed by atoms with van der Waals surface area (Å²) in [5.41, 5.74) is 3.22. The maximum Gasteiger partial charge on any atom is 0.407 e. The molecule has 2 aromatic carbocycles. The van der Waals surface area contributed by atoms with Crippen LogP contribution in [-0.4, -0.2) is 41.2 Å². The summed E-state index contributed by atoms with van der Waals surface area (Å²) in [7, 11) is 0. The Kier molecular flexibility index (Phi) is 9.40. The predicted molar refractivity (Wildman–Crippen MR) is 127 cm³/mol. The summed E-state index contributed by atoms with van der Waals surface area (Å²) in [5.74, 6) is -1.65. The Bertz CT molecular complexity index is 1130. The first-order valence-electron chi connectivity index (χ1n) is 11.1. The number of aliphatic hydroxyl groups excluding tert-OH is 1. The molecule has 0 radical (unpaired) electrons. The van der Waals surface area contributed by atoms with Crippen molar-refractivity contribution in [3.8, 4) is 11.1 Å². The van der Waals surface area contributed by atoms with Gasteiger partial charge in [0, 0.05) is 11.8 Å². The van der Waals surface area contributed by atoms with E-state index in [4.69, 9.17) is 4.74 Å². The molecule has 0 spiro atoms. The van der Waals surface area contributed by atoms with Gasteiger partial charge in [0.2, 0.25) is 0 Å². The number of nitrogens with one attached hydrogen (secondary N) is 2. The molecule has 0 aliphatic rings. The molecule has 1 aromatic heterocycles. The van der Waals surface area contributed by atoms with E-state index in [1.807, 2.05) is 30.3 Å². The largest absolute Gasteiger partial charge is 0.445 e. The van der Waals surface area contributed by atoms with E-state index >= 15 is 0 Å². The van der Waals surface area contributed by atoms with Crippen molar-refractivity contribution in [3.05, 3.63) is 89.7 Å². The van der Waals surface area contributed by atoms with E-state index in [1.54, 1.807) is 42.7 Å². The lowest BCUT2D eigenvalue weighted by molar-refractivity contribution is -0.133. The number of hydrogen-bond acceptors (Lipinski definition) is 5. The molecule has 2 amide bonds. The van der Waals surface area contributed by atoms with E-state index < -0.39 is 43.3 Å². The topological polar surface area (TPSA) is 101 Å². The summed E-state index contributed by atoms with van der Waals surface area (Å²) >= 11 is 0. The molecule has 190 valence electrons. The Labute approximate surface area is 206 Å². The molecule has 0 bridgehead atoms. The molecule has 0 fully saturated rings. The third-order valence-corrected chi connectivity index (χ3v) is 5.44. The number of carbonyl (C=O) groups is 2. The SMILES string of the molecule is CC(NC(=O)OCc1ccccc1)c1ccc(-c2ccc([C@@H](O)[C@@H](CF)NC(=O)C(F)F)cc2)cn1. The quantitative estimate of drug-likeness (QED) is 0.380. The van der Waals surface area contributed by atoms with Gasteiger partial charge in [0.25, 0.3) is 5.91 Å². The van der Waals surface area contributed by atoms with Crippen LogP contribution in [0.4, 0.5) is 18.0 Å². The molecule has 3 atom stereocenters. The maximum absolute atomic E-state index is 13.2. The first kappa shape index (κ1) is 26.7. The van der Waals surface area contributed by atoms with Crippen LogP contribution in [0.1, 0.15) is 35.9 Å². The molecular weight excluding hydrogens is 475 g/mol. The van der Waals surface area contributed by atoms with Gasteiger partial charge in [0.1, 0.15) is 19.4 Å². The molecule has 0 saturated heterocycles. The summed E-state index contributed by atoms with van der Waals surface area (Å²) < 4.78 is 43.3. The number of halogens is 3. The molecule has 36 heavy (non-hydrogen) atoms. The van der Waals surface area contributed by atoms with Gasteiger partial charge in [-0.3, -0.25) is 9.78 Å². The number of nitrogens with zero attached hydrogens (tertiary/aromatic N) is 1. The molecule has 0 aliphatic heterocycles. The fourth-order valence-electron chi connectivity index (χ4n) is 3.40. The Morgan fingerprint density at radius 1 is 0.972 bits per heavy atom. The van der Waals surface area contributed by atoms with Crippen LogP contribution in [0.15, 0.2) is 72.9 Å². The van der Waals surface area contributed by atoms with Crippen LogP contribution in [0.2, 0.25) is 0 Å². The molecule has 1 heterocycles. The molecule has 0 saturated carbocycles. The van der Waals surface area contributed by atoms with Crippen LogP contribution in [0.5, 0.6) is 0 Å². The fourth-order valence-corrected chi connectivity index (χ4v) is 3.40. The van der Waals surface area contributed by atoms with Crippen molar-refractivity contribution in [1.82, 2.24) is 15.6 Å². The second-order valence-electron chi connectivity index (χ2n) is 8.04. The van der Waals surface area contributed by atoms with Gasteiger partial charge in [0.05, 0.1) is 17.8 Å². The highest BCUT2D eigenvalue weighted by atomic mass is 19.3. The molecular formula is C26H26F3N3O4. The van der Waals surface area contributed by atoms with Crippen LogP contribution in [0.25, 0.3) is 11.1 Å². The molecule has 7 nitrogen and oxygen atoms in total. The Morgan fingerprint density at radius 3 is 2.22 bits per heavy atom. The maximum atomic E-state index is 13.2. The Morgan fingerprint density at radius 2 is 1.64 bits per heavy atom. The van der Waals surface area contributed by atoms with Crippen molar-refractivity contribution in [2.75, 3.05) is 6.67 Å². The van der Waals surface area contributed by atoms with Gasteiger partial charge in [-0.05, 0) is 29.7 Å². The number of rotatable bonds is 10. The number of benzene rings is 2. The number of ether oxygens (including phenoxy) is 1. The number of alkyl halides is 3. The number of amides is 2. The van der Waals surface area contributed by atoms with E-state index in [2.05, 4.69) is 10.3 Å². The van der Waals surface area contributed by atoms with Gasteiger partial charge in [-0.2, -0.15) is 8.78 Å². The number of alkyl carbamates (subject to hydrolysis) is 1. The normalized spacial score (nSPS) is 13.5. The van der Waals surface area contributed by atoms with Crippen LogP contribution < -0.4 is 10.6 Å². The van der Waals surface area contributed by atoms with Crippen LogP contribution in [0, 0.1) is 0 Å². The standard InChI is InChI=1S/C26H26F3N3O4/c1-16(31-26(35)36-15-17-5-3-2-4-6-17)21-12-11-20(14-30-21)18-7-9-19(10-8-18)23(33)22(13-27)32-25(34)24(28)29/h2-12,14,16,22-24,33H,13,15H2,1H3,(H,31,35)(H,32,34)/t16?,22-,23-/m1/s1. The minimum absolute atomic E-state index is 0.154. The first-order chi connectivity index (χ1) is 17.3. The summed E-state index contributed by atoms with van der Waals surface area (Å²) in [5, 5.41) is 14.8. The molecule has 0 aliphatic carbocycles. The van der Waals surface area contributed by atoms with Crippen molar-refractivity contribution in [2.24, 2.45) is 0 Å². The molecule has 3 N–H and O–H groups in total. The van der Waals surface area contributed by atoms with Crippen molar-refractivity contribution < 1.29 is 32.6 Å². The van der Waals surface area contributed by atoms with Gasteiger partial charge < -0.3 is 20.5 Å². The summed E-state index contributed by atoms with van der Waals surface area (Å²) in [6.07, 6.45) is -3.76. The minimum Gasteiger partial charge on any atom is -0.445 e. The van der Waals surface area contributed by atoms with E-state index in [-0.39, 0.29) is 12.2 Å². The Hall–Kier alpha value is -3.92. The van der Waals surface area contributed by atoms with E-state index in [0.717, 1.165) is 16.7 Å². The van der Waals surface area contributed by atoms with Crippen molar-refractivity contribution in [1.29, 1.82) is 0 Å². The third-order valence-electron chi connectivity index (χ3n) is 5.44. The van der Waals surface area contributed by atoms with Gasteiger partial charge >= 0.3 is 12.5 Å². The third kappa shape index (κ3) is 7.29. The van der Waals surface area contributed by atoms with Crippen molar-refractivity contribution in [2.45, 2.75) is 38.1 Å². The molecule has 10 heteroatoms. The number of aliphatic hydroxyl groups is 1. The van der Waals surface area contributed by atoms with Crippen LogP contribution in [0.3, 0.4) is 0 Å². The van der Waals surface area contributed by atoms with Crippen LogP contribution >= 0.6 is 0 Å². The zero-order chi connectivity index (χ0) is 26.1. The molecule has 3 rings (SSSR count). The lowest BCUT2D eigenvalue weighted by atomic mass is 9.99. The zero-order valence-corrected chi connectivity index (χ0v) is 19.4. The summed E-state index contributed by atoms with van der Waals surface area (Å²) in [6, 6.07) is 17.3. The average Bonchev–Trinajstić information content (AvgIpc) is 2.90. The molecule has 1 unspecified atom stereocenters. The first-order valence-corrected chi connectivity index (χ1v) is 11.1. The highest BCUT2D eigenvalue weighted by Crippen LogP contribution is 2.24. The van der Waals surface area contributed by atoms with Gasteiger partial charge in [-0.25, -0.2) is 9.18 Å². The average molecular weight is 502 g/mol. The highest BCUT2D eigenvalue weighted by molar-refractivity contribution is 5.79. The lowest BCUT2D eigenvalue weighted by Crippen LogP contribution is -2.43. The fraction of sp³-hybridized carbons (Fsp3) is 0.269. The minimum atomic E-state index is -3.30. The van der Waals surface area contributed by atoms with Crippen molar-refractivity contribution in [3.63, 3.8) is 0 Å². The predicted octanol–water partition coefficient (Wildman–Crippen LogP) is 4.49. The second kappa shape index (κ2) is 12.7. The molecule has 3 aromatic rings. The van der Waals surface area contributed by atoms with Crippen molar-refractivity contribution >= 4 is 12.0 Å². The van der Waals surface area contributed by atoms with Gasteiger partial charge in [0.15, 0.2) is 0 Å². The van der Waals surface area contributed by atoms with Gasteiger partial charge in [-0.15, -0.1) is 0 Å². The van der Waals surface area contributed by atoms with E-state index in [1.165, 1.54) is 12.1 Å². The number of hydrogen-bond donors (Lipinski definition) is 3. The summed E-state index contributed by atoms with van der Waals surface area (Å²) in [4.78, 5) is 27.6. The monoisotopic (exact) mass is 501 g/mol. The zero-order valence-electron chi connectivity index (χ0n) is 19.4. The number of aromatic nitrogens is 1. The number of carbonyl (C=O) groups excluding carboxylic acids is 2. The van der Waals surface area contributed by atoms with E-state index in [0.29, 0.717) is 5.69 Å². The van der Waals surface area contributed by atoms with Gasteiger partial charge in [-0.1, -0.05) is 60.7 Å². The second-order valence-corrected chi connectivity index (χ2v) is 8.04.